The third-order valence-electron chi connectivity index (χ3n) is 5.95. The van der Waals surface area contributed by atoms with Crippen LogP contribution in [0.25, 0.3) is 0 Å². The Morgan fingerprint density at radius 1 is 1.03 bits per heavy atom. The highest BCUT2D eigenvalue weighted by molar-refractivity contribution is 6.30. The van der Waals surface area contributed by atoms with Crippen LogP contribution >= 0.6 is 11.6 Å². The molecule has 0 fully saturated rings. The van der Waals surface area contributed by atoms with Gasteiger partial charge in [-0.2, -0.15) is 5.10 Å². The van der Waals surface area contributed by atoms with E-state index < -0.39 is 6.23 Å². The molecule has 33 heavy (non-hydrogen) atoms. The predicted octanol–water partition coefficient (Wildman–Crippen LogP) is 6.00. The second kappa shape index (κ2) is 8.87. The molecule has 170 valence electrons. The van der Waals surface area contributed by atoms with Gasteiger partial charge in [-0.05, 0) is 67.1 Å². The zero-order valence-electron chi connectivity index (χ0n) is 18.7. The number of fused-ring (bicyclic) bond motifs is 3. The minimum atomic E-state index is -0.478. The summed E-state index contributed by atoms with van der Waals surface area (Å²) in [5.74, 6) is 2.91. The van der Waals surface area contributed by atoms with Crippen molar-refractivity contribution in [1.29, 1.82) is 0 Å². The quantitative estimate of drug-likeness (QED) is 0.448. The first-order chi connectivity index (χ1) is 16.1. The number of hydrogen-bond donors (Lipinski definition) is 0. The maximum Gasteiger partial charge on any atom is 0.217 e. The van der Waals surface area contributed by atoms with Crippen molar-refractivity contribution in [2.45, 2.75) is 25.6 Å². The van der Waals surface area contributed by atoms with Crippen LogP contribution in [0, 0.1) is 0 Å². The molecule has 7 heteroatoms. The monoisotopic (exact) mass is 464 g/mol. The molecule has 0 amide bonds. The molecule has 0 spiro atoms. The lowest BCUT2D eigenvalue weighted by atomic mass is 9.95. The summed E-state index contributed by atoms with van der Waals surface area (Å²) in [7, 11) is 3.26. The molecule has 3 aromatic rings. The van der Waals surface area contributed by atoms with Crippen molar-refractivity contribution in [2.75, 3.05) is 20.8 Å². The van der Waals surface area contributed by atoms with Crippen LogP contribution in [-0.4, -0.2) is 31.5 Å². The van der Waals surface area contributed by atoms with Gasteiger partial charge in [0, 0.05) is 17.0 Å². The summed E-state index contributed by atoms with van der Waals surface area (Å²) in [5, 5.41) is 7.69. The first kappa shape index (κ1) is 21.5. The molecule has 0 bridgehead atoms. The summed E-state index contributed by atoms with van der Waals surface area (Å²) in [6.07, 6.45) is 0.252. The number of hydrazone groups is 1. The standard InChI is InChI=1S/C26H25ClN2O4/c1-4-32-18-11-8-16(9-12-18)21-15-22-20-14-17(27)10-13-23(20)33-26(29(22)28-21)19-6-5-7-24(30-2)25(19)31-3/h5-14,22,26H,4,15H2,1-3H3/t22-,26-/m0/s1. The molecular weight excluding hydrogens is 440 g/mol. The highest BCUT2D eigenvalue weighted by Crippen LogP contribution is 2.50. The van der Waals surface area contributed by atoms with Crippen LogP contribution in [-0.2, 0) is 0 Å². The highest BCUT2D eigenvalue weighted by Gasteiger charge is 2.42. The van der Waals surface area contributed by atoms with Crippen LogP contribution < -0.4 is 18.9 Å². The van der Waals surface area contributed by atoms with E-state index in [4.69, 9.17) is 35.6 Å². The normalized spacial score (nSPS) is 18.7. The number of para-hydroxylation sites is 1. The van der Waals surface area contributed by atoms with E-state index in [0.717, 1.165) is 40.3 Å². The lowest BCUT2D eigenvalue weighted by Gasteiger charge is -2.38. The molecule has 2 aliphatic heterocycles. The molecule has 2 aliphatic rings. The van der Waals surface area contributed by atoms with Crippen molar-refractivity contribution in [3.8, 4) is 23.0 Å². The van der Waals surface area contributed by atoms with Gasteiger partial charge in [-0.15, -0.1) is 0 Å². The van der Waals surface area contributed by atoms with Gasteiger partial charge in [0.1, 0.15) is 11.5 Å². The molecule has 3 aromatic carbocycles. The lowest BCUT2D eigenvalue weighted by Crippen LogP contribution is -2.34. The topological polar surface area (TPSA) is 52.5 Å². The lowest BCUT2D eigenvalue weighted by molar-refractivity contribution is -0.0205. The van der Waals surface area contributed by atoms with E-state index >= 15 is 0 Å². The molecule has 5 rings (SSSR count). The third-order valence-corrected chi connectivity index (χ3v) is 6.19. The fraction of sp³-hybridized carbons (Fsp3) is 0.269. The largest absolute Gasteiger partial charge is 0.494 e. The number of methoxy groups -OCH3 is 2. The van der Waals surface area contributed by atoms with E-state index in [9.17, 15) is 0 Å². The summed E-state index contributed by atoms with van der Waals surface area (Å²) in [6.45, 7) is 2.61. The molecule has 0 saturated heterocycles. The Kier molecular flexibility index (Phi) is 5.77. The fourth-order valence-electron chi connectivity index (χ4n) is 4.45. The van der Waals surface area contributed by atoms with Gasteiger partial charge >= 0.3 is 0 Å². The van der Waals surface area contributed by atoms with Crippen molar-refractivity contribution < 1.29 is 18.9 Å². The second-order valence-corrected chi connectivity index (χ2v) is 8.28. The van der Waals surface area contributed by atoms with Crippen molar-refractivity contribution in [1.82, 2.24) is 5.01 Å². The molecular formula is C26H25ClN2O4. The van der Waals surface area contributed by atoms with Gasteiger partial charge in [0.05, 0.1) is 38.1 Å². The van der Waals surface area contributed by atoms with E-state index in [1.807, 2.05) is 72.6 Å². The van der Waals surface area contributed by atoms with Crippen LogP contribution in [0.15, 0.2) is 65.8 Å². The van der Waals surface area contributed by atoms with Crippen LogP contribution in [0.1, 0.15) is 42.3 Å². The highest BCUT2D eigenvalue weighted by atomic mass is 35.5. The van der Waals surface area contributed by atoms with Crippen molar-refractivity contribution in [3.05, 3.63) is 82.4 Å². The summed E-state index contributed by atoms with van der Waals surface area (Å²) < 4.78 is 23.3. The van der Waals surface area contributed by atoms with Gasteiger partial charge in [0.15, 0.2) is 11.5 Å². The van der Waals surface area contributed by atoms with Gasteiger partial charge in [0.2, 0.25) is 6.23 Å². The van der Waals surface area contributed by atoms with Crippen molar-refractivity contribution in [2.24, 2.45) is 5.10 Å². The van der Waals surface area contributed by atoms with Crippen LogP contribution in [0.5, 0.6) is 23.0 Å². The summed E-state index contributed by atoms with van der Waals surface area (Å²) in [5.41, 5.74) is 3.89. The van der Waals surface area contributed by atoms with Crippen LogP contribution in [0.3, 0.4) is 0 Å². The molecule has 0 radical (unpaired) electrons. The average molecular weight is 465 g/mol. The maximum atomic E-state index is 6.47. The van der Waals surface area contributed by atoms with Crippen molar-refractivity contribution >= 4 is 17.3 Å². The van der Waals surface area contributed by atoms with Crippen LogP contribution in [0.4, 0.5) is 0 Å². The Balaban J connectivity index is 1.59. The van der Waals surface area contributed by atoms with Gasteiger partial charge < -0.3 is 18.9 Å². The molecule has 0 aromatic heterocycles. The van der Waals surface area contributed by atoms with Gasteiger partial charge in [-0.1, -0.05) is 17.7 Å². The minimum Gasteiger partial charge on any atom is -0.494 e. The van der Waals surface area contributed by atoms with Crippen molar-refractivity contribution in [3.63, 3.8) is 0 Å². The zero-order valence-corrected chi connectivity index (χ0v) is 19.5. The zero-order chi connectivity index (χ0) is 22.9. The molecule has 0 aliphatic carbocycles. The number of rotatable bonds is 6. The van der Waals surface area contributed by atoms with E-state index in [0.29, 0.717) is 23.1 Å². The number of hydrogen-bond acceptors (Lipinski definition) is 6. The van der Waals surface area contributed by atoms with E-state index in [1.165, 1.54) is 0 Å². The molecule has 0 N–H and O–H groups in total. The smallest absolute Gasteiger partial charge is 0.217 e. The second-order valence-electron chi connectivity index (χ2n) is 7.84. The Morgan fingerprint density at radius 2 is 1.85 bits per heavy atom. The van der Waals surface area contributed by atoms with E-state index in [2.05, 4.69) is 0 Å². The first-order valence-corrected chi connectivity index (χ1v) is 11.3. The van der Waals surface area contributed by atoms with Crippen LogP contribution in [0.2, 0.25) is 5.02 Å². The Labute approximate surface area is 198 Å². The summed E-state index contributed by atoms with van der Waals surface area (Å²) in [4.78, 5) is 0. The molecule has 2 heterocycles. The molecule has 6 nitrogen and oxygen atoms in total. The van der Waals surface area contributed by atoms with E-state index in [1.54, 1.807) is 14.2 Å². The third kappa shape index (κ3) is 3.85. The number of benzene rings is 3. The molecule has 2 atom stereocenters. The average Bonchev–Trinajstić information content (AvgIpc) is 3.29. The predicted molar refractivity (Wildman–Crippen MR) is 128 cm³/mol. The van der Waals surface area contributed by atoms with Gasteiger partial charge in [-0.3, -0.25) is 0 Å². The number of ether oxygens (including phenoxy) is 4. The SMILES string of the molecule is CCOc1ccc(C2=NN3[C@@H](C2)c2cc(Cl)ccc2O[C@H]3c2cccc(OC)c2OC)cc1. The van der Waals surface area contributed by atoms with E-state index in [-0.39, 0.29) is 6.04 Å². The Morgan fingerprint density at radius 3 is 2.58 bits per heavy atom. The fourth-order valence-corrected chi connectivity index (χ4v) is 4.64. The van der Waals surface area contributed by atoms with Gasteiger partial charge in [-0.25, -0.2) is 5.01 Å². The molecule has 0 saturated carbocycles. The number of nitrogens with zero attached hydrogens (tertiary/aromatic N) is 2. The van der Waals surface area contributed by atoms with Gasteiger partial charge in [0.25, 0.3) is 0 Å². The summed E-state index contributed by atoms with van der Waals surface area (Å²) in [6, 6.07) is 19.5. The Bertz CT molecular complexity index is 1200. The summed E-state index contributed by atoms with van der Waals surface area (Å²) >= 11 is 6.35. The molecule has 0 unspecified atom stereocenters. The number of halogens is 1. The maximum absolute atomic E-state index is 6.47. The first-order valence-electron chi connectivity index (χ1n) is 10.9. The minimum absolute atomic E-state index is 0.0186. The Hall–Kier alpha value is -3.38.